The highest BCUT2D eigenvalue weighted by Crippen LogP contribution is 2.24. The van der Waals surface area contributed by atoms with Gasteiger partial charge < -0.3 is 5.73 Å². The van der Waals surface area contributed by atoms with Crippen molar-refractivity contribution in [3.63, 3.8) is 0 Å². The highest BCUT2D eigenvalue weighted by atomic mass is 19.1. The van der Waals surface area contributed by atoms with Crippen LogP contribution in [0.5, 0.6) is 0 Å². The van der Waals surface area contributed by atoms with E-state index in [2.05, 4.69) is 12.0 Å². The zero-order chi connectivity index (χ0) is 11.5. The lowest BCUT2D eigenvalue weighted by molar-refractivity contribution is 0.602. The lowest BCUT2D eigenvalue weighted by Crippen LogP contribution is -1.95. The SMILES string of the molecule is CCCn1cc(-c2cc(N)ccc2F)cn1. The number of rotatable bonds is 3. The van der Waals surface area contributed by atoms with E-state index in [0.717, 1.165) is 18.5 Å². The number of aryl methyl sites for hydroxylation is 1. The largest absolute Gasteiger partial charge is 0.399 e. The molecule has 2 N–H and O–H groups in total. The van der Waals surface area contributed by atoms with Crippen molar-refractivity contribution < 1.29 is 4.39 Å². The predicted octanol–water partition coefficient (Wildman–Crippen LogP) is 2.68. The van der Waals surface area contributed by atoms with Crippen molar-refractivity contribution in [3.8, 4) is 11.1 Å². The molecule has 1 aromatic carbocycles. The van der Waals surface area contributed by atoms with Gasteiger partial charge in [-0.25, -0.2) is 4.39 Å². The van der Waals surface area contributed by atoms with Crippen molar-refractivity contribution in [2.75, 3.05) is 5.73 Å². The quantitative estimate of drug-likeness (QED) is 0.806. The molecule has 3 nitrogen and oxygen atoms in total. The fourth-order valence-electron chi connectivity index (χ4n) is 1.62. The lowest BCUT2D eigenvalue weighted by Gasteiger charge is -2.01. The summed E-state index contributed by atoms with van der Waals surface area (Å²) in [6.07, 6.45) is 4.50. The number of nitrogens with zero attached hydrogens (tertiary/aromatic N) is 2. The fourth-order valence-corrected chi connectivity index (χ4v) is 1.62. The van der Waals surface area contributed by atoms with Gasteiger partial charge in [0.25, 0.3) is 0 Å². The van der Waals surface area contributed by atoms with Crippen LogP contribution in [0.3, 0.4) is 0 Å². The molecular formula is C12H14FN3. The molecular weight excluding hydrogens is 205 g/mol. The minimum absolute atomic E-state index is 0.273. The van der Waals surface area contributed by atoms with Gasteiger partial charge in [-0.2, -0.15) is 5.10 Å². The Morgan fingerprint density at radius 2 is 2.25 bits per heavy atom. The molecule has 4 heteroatoms. The maximum atomic E-state index is 13.6. The molecule has 0 unspecified atom stereocenters. The molecule has 0 atom stereocenters. The van der Waals surface area contributed by atoms with E-state index in [-0.39, 0.29) is 5.82 Å². The summed E-state index contributed by atoms with van der Waals surface area (Å²) in [5.41, 5.74) is 7.46. The lowest BCUT2D eigenvalue weighted by atomic mass is 10.1. The van der Waals surface area contributed by atoms with Crippen LogP contribution < -0.4 is 5.73 Å². The molecule has 1 heterocycles. The third kappa shape index (κ3) is 2.05. The Kier molecular flexibility index (Phi) is 2.90. The molecule has 0 aliphatic rings. The number of anilines is 1. The Balaban J connectivity index is 2.38. The maximum absolute atomic E-state index is 13.6. The zero-order valence-corrected chi connectivity index (χ0v) is 9.15. The topological polar surface area (TPSA) is 43.8 Å². The molecule has 0 saturated carbocycles. The number of aromatic nitrogens is 2. The Bertz CT molecular complexity index is 491. The summed E-state index contributed by atoms with van der Waals surface area (Å²) in [6, 6.07) is 4.56. The van der Waals surface area contributed by atoms with Gasteiger partial charge in [-0.05, 0) is 24.6 Å². The second-order valence-corrected chi connectivity index (χ2v) is 3.73. The second kappa shape index (κ2) is 4.35. The first-order valence-electron chi connectivity index (χ1n) is 5.28. The van der Waals surface area contributed by atoms with Crippen molar-refractivity contribution in [3.05, 3.63) is 36.4 Å². The number of nitrogens with two attached hydrogens (primary N) is 1. The third-order valence-electron chi connectivity index (χ3n) is 2.39. The smallest absolute Gasteiger partial charge is 0.131 e. The van der Waals surface area contributed by atoms with Crippen LogP contribution in [-0.4, -0.2) is 9.78 Å². The van der Waals surface area contributed by atoms with E-state index in [9.17, 15) is 4.39 Å². The zero-order valence-electron chi connectivity index (χ0n) is 9.15. The van der Waals surface area contributed by atoms with E-state index in [4.69, 9.17) is 5.73 Å². The average molecular weight is 219 g/mol. The van der Waals surface area contributed by atoms with Crippen molar-refractivity contribution in [2.45, 2.75) is 19.9 Å². The fraction of sp³-hybridized carbons (Fsp3) is 0.250. The molecule has 0 amide bonds. The first-order chi connectivity index (χ1) is 7.70. The van der Waals surface area contributed by atoms with Crippen molar-refractivity contribution in [2.24, 2.45) is 0 Å². The minimum atomic E-state index is -0.273. The van der Waals surface area contributed by atoms with Gasteiger partial charge in [0.15, 0.2) is 0 Å². The van der Waals surface area contributed by atoms with Crippen LogP contribution in [0.2, 0.25) is 0 Å². The number of nitrogen functional groups attached to an aromatic ring is 1. The molecule has 0 spiro atoms. The highest BCUT2D eigenvalue weighted by Gasteiger charge is 2.07. The molecule has 0 saturated heterocycles. The molecule has 2 aromatic rings. The van der Waals surface area contributed by atoms with Crippen LogP contribution in [0, 0.1) is 5.82 Å². The van der Waals surface area contributed by atoms with Gasteiger partial charge >= 0.3 is 0 Å². The maximum Gasteiger partial charge on any atom is 0.131 e. The number of hydrogen-bond acceptors (Lipinski definition) is 2. The van der Waals surface area contributed by atoms with Gasteiger partial charge in [0.05, 0.1) is 6.20 Å². The van der Waals surface area contributed by atoms with Crippen LogP contribution in [-0.2, 0) is 6.54 Å². The first kappa shape index (κ1) is 10.7. The molecule has 0 aliphatic carbocycles. The molecule has 0 radical (unpaired) electrons. The van der Waals surface area contributed by atoms with E-state index < -0.39 is 0 Å². The third-order valence-corrected chi connectivity index (χ3v) is 2.39. The van der Waals surface area contributed by atoms with Gasteiger partial charge in [-0.15, -0.1) is 0 Å². The second-order valence-electron chi connectivity index (χ2n) is 3.73. The standard InChI is InChI=1S/C12H14FN3/c1-2-5-16-8-9(7-15-16)11-6-10(14)3-4-12(11)13/h3-4,6-8H,2,5,14H2,1H3. The van der Waals surface area contributed by atoms with Crippen molar-refractivity contribution >= 4 is 5.69 Å². The van der Waals surface area contributed by atoms with E-state index in [1.165, 1.54) is 6.07 Å². The number of halogens is 1. The molecule has 84 valence electrons. The van der Waals surface area contributed by atoms with Crippen LogP contribution in [0.4, 0.5) is 10.1 Å². The Hall–Kier alpha value is -1.84. The van der Waals surface area contributed by atoms with Gasteiger partial charge in [0, 0.05) is 29.6 Å². The van der Waals surface area contributed by atoms with Gasteiger partial charge in [0.1, 0.15) is 5.82 Å². The van der Waals surface area contributed by atoms with Crippen LogP contribution in [0.15, 0.2) is 30.6 Å². The first-order valence-corrected chi connectivity index (χ1v) is 5.28. The molecule has 0 bridgehead atoms. The summed E-state index contributed by atoms with van der Waals surface area (Å²) in [5.74, 6) is -0.273. The summed E-state index contributed by atoms with van der Waals surface area (Å²) in [5, 5.41) is 4.16. The number of benzene rings is 1. The Morgan fingerprint density at radius 3 is 3.00 bits per heavy atom. The van der Waals surface area contributed by atoms with Crippen molar-refractivity contribution in [1.82, 2.24) is 9.78 Å². The van der Waals surface area contributed by atoms with Gasteiger partial charge in [-0.1, -0.05) is 6.92 Å². The Morgan fingerprint density at radius 1 is 1.44 bits per heavy atom. The summed E-state index contributed by atoms with van der Waals surface area (Å²) < 4.78 is 15.4. The highest BCUT2D eigenvalue weighted by molar-refractivity contribution is 5.66. The Labute approximate surface area is 93.7 Å². The number of hydrogen-bond donors (Lipinski definition) is 1. The van der Waals surface area contributed by atoms with Crippen LogP contribution in [0.1, 0.15) is 13.3 Å². The summed E-state index contributed by atoms with van der Waals surface area (Å²) >= 11 is 0. The van der Waals surface area contributed by atoms with Gasteiger partial charge in [-0.3, -0.25) is 4.68 Å². The van der Waals surface area contributed by atoms with E-state index in [0.29, 0.717) is 11.3 Å². The molecule has 0 fully saturated rings. The monoisotopic (exact) mass is 219 g/mol. The summed E-state index contributed by atoms with van der Waals surface area (Å²) in [6.45, 7) is 2.91. The van der Waals surface area contributed by atoms with E-state index in [1.807, 2.05) is 6.20 Å². The minimum Gasteiger partial charge on any atom is -0.399 e. The molecule has 2 rings (SSSR count). The average Bonchev–Trinajstić information content (AvgIpc) is 2.71. The molecule has 0 aliphatic heterocycles. The summed E-state index contributed by atoms with van der Waals surface area (Å²) in [7, 11) is 0. The molecule has 1 aromatic heterocycles. The van der Waals surface area contributed by atoms with E-state index >= 15 is 0 Å². The molecule has 16 heavy (non-hydrogen) atoms. The van der Waals surface area contributed by atoms with Crippen LogP contribution >= 0.6 is 0 Å². The predicted molar refractivity (Wildman–Crippen MR) is 62.3 cm³/mol. The van der Waals surface area contributed by atoms with Crippen LogP contribution in [0.25, 0.3) is 11.1 Å². The van der Waals surface area contributed by atoms with Crippen molar-refractivity contribution in [1.29, 1.82) is 0 Å². The summed E-state index contributed by atoms with van der Waals surface area (Å²) in [4.78, 5) is 0. The normalized spacial score (nSPS) is 10.6. The van der Waals surface area contributed by atoms with Gasteiger partial charge in [0.2, 0.25) is 0 Å². The van der Waals surface area contributed by atoms with E-state index in [1.54, 1.807) is 23.0 Å².